The van der Waals surface area contributed by atoms with Gasteiger partial charge in [-0.3, -0.25) is 9.59 Å². The van der Waals surface area contributed by atoms with Gasteiger partial charge in [-0.2, -0.15) is 0 Å². The number of methoxy groups -OCH3 is 1. The molecule has 1 aliphatic heterocycles. The van der Waals surface area contributed by atoms with E-state index in [1.54, 1.807) is 25.3 Å². The number of halogens is 2. The van der Waals surface area contributed by atoms with Crippen LogP contribution in [0.15, 0.2) is 46.9 Å². The lowest BCUT2D eigenvalue weighted by atomic mass is 10.1. The number of nitrogens with zero attached hydrogens (tertiary/aromatic N) is 2. The van der Waals surface area contributed by atoms with Crippen molar-refractivity contribution in [3.05, 3.63) is 57.5 Å². The maximum absolute atomic E-state index is 12.6. The summed E-state index contributed by atoms with van der Waals surface area (Å²) < 4.78 is 6.24. The van der Waals surface area contributed by atoms with E-state index in [9.17, 15) is 9.59 Å². The van der Waals surface area contributed by atoms with Crippen LogP contribution in [0.4, 0.5) is 11.4 Å². The number of nitrogens with one attached hydrogen (secondary N) is 1. The highest BCUT2D eigenvalue weighted by Crippen LogP contribution is 2.30. The van der Waals surface area contributed by atoms with E-state index >= 15 is 0 Å². The van der Waals surface area contributed by atoms with Crippen molar-refractivity contribution in [2.45, 2.75) is 13.3 Å². The Balaban J connectivity index is 1.73. The average molecular weight is 507 g/mol. The largest absolute Gasteiger partial charge is 0.496 e. The molecule has 1 fully saturated rings. The molecule has 0 atom stereocenters. The van der Waals surface area contributed by atoms with Gasteiger partial charge in [-0.15, -0.1) is 0 Å². The molecule has 3 rings (SSSR count). The summed E-state index contributed by atoms with van der Waals surface area (Å²) in [5.41, 5.74) is 2.31. The first-order valence-corrected chi connectivity index (χ1v) is 11.2. The molecule has 0 saturated carbocycles. The van der Waals surface area contributed by atoms with E-state index in [-0.39, 0.29) is 11.8 Å². The van der Waals surface area contributed by atoms with Crippen molar-refractivity contribution >= 4 is 56.8 Å². The molecule has 1 aliphatic rings. The molecule has 1 saturated heterocycles. The Kier molecular flexibility index (Phi) is 7.98. The summed E-state index contributed by atoms with van der Waals surface area (Å²) in [5, 5.41) is 3.47. The molecule has 0 aliphatic carbocycles. The van der Waals surface area contributed by atoms with Crippen LogP contribution in [-0.4, -0.2) is 50.0 Å². The minimum atomic E-state index is -0.273. The number of anilines is 2. The molecule has 2 amide bonds. The smallest absolute Gasteiger partial charge is 0.248 e. The molecule has 2 aromatic rings. The molecule has 0 spiro atoms. The second-order valence-corrected chi connectivity index (χ2v) is 8.44. The van der Waals surface area contributed by atoms with Crippen LogP contribution in [0, 0.1) is 0 Å². The molecule has 1 heterocycles. The lowest BCUT2D eigenvalue weighted by Crippen LogP contribution is -2.48. The third-order valence-electron chi connectivity index (χ3n) is 5.10. The maximum atomic E-state index is 12.6. The van der Waals surface area contributed by atoms with E-state index in [1.165, 1.54) is 6.08 Å². The molecule has 0 bridgehead atoms. The molecular formula is C23H25BrClN3O3. The topological polar surface area (TPSA) is 61.9 Å². The number of hydrogen-bond donors (Lipinski definition) is 1. The van der Waals surface area contributed by atoms with Crippen molar-refractivity contribution in [1.29, 1.82) is 0 Å². The lowest BCUT2D eigenvalue weighted by Gasteiger charge is -2.37. The van der Waals surface area contributed by atoms with Crippen LogP contribution >= 0.6 is 27.5 Å². The average Bonchev–Trinajstić information content (AvgIpc) is 2.77. The zero-order valence-corrected chi connectivity index (χ0v) is 19.9. The van der Waals surface area contributed by atoms with Crippen LogP contribution in [-0.2, 0) is 9.59 Å². The van der Waals surface area contributed by atoms with Crippen molar-refractivity contribution in [1.82, 2.24) is 4.90 Å². The minimum absolute atomic E-state index is 0.164. The summed E-state index contributed by atoms with van der Waals surface area (Å²) in [6.07, 6.45) is 3.68. The van der Waals surface area contributed by atoms with Crippen molar-refractivity contribution in [2.75, 3.05) is 43.5 Å². The van der Waals surface area contributed by atoms with E-state index < -0.39 is 0 Å². The number of benzene rings is 2. The standard InChI is InChI=1S/C23H25BrClN3O3/c1-3-23(30)28-12-10-27(11-13-28)20-7-6-18(25)15-19(20)26-22(29)9-4-16-14-17(24)5-8-21(16)31-2/h4-9,14-15H,3,10-13H2,1-2H3,(H,26,29)/b9-4+. The van der Waals surface area contributed by atoms with Gasteiger partial charge in [0.25, 0.3) is 0 Å². The van der Waals surface area contributed by atoms with E-state index in [2.05, 4.69) is 26.1 Å². The van der Waals surface area contributed by atoms with Gasteiger partial charge in [0.05, 0.1) is 18.5 Å². The number of ether oxygens (including phenoxy) is 1. The Morgan fingerprint density at radius 2 is 1.90 bits per heavy atom. The van der Waals surface area contributed by atoms with Gasteiger partial charge in [-0.1, -0.05) is 34.5 Å². The van der Waals surface area contributed by atoms with Crippen molar-refractivity contribution in [3.8, 4) is 5.75 Å². The van der Waals surface area contributed by atoms with E-state index in [1.807, 2.05) is 36.1 Å². The molecular weight excluding hydrogens is 482 g/mol. The summed E-state index contributed by atoms with van der Waals surface area (Å²) >= 11 is 9.62. The van der Waals surface area contributed by atoms with E-state index in [0.29, 0.717) is 49.1 Å². The van der Waals surface area contributed by atoms with Crippen molar-refractivity contribution < 1.29 is 14.3 Å². The summed E-state index contributed by atoms with van der Waals surface area (Å²) in [4.78, 5) is 28.6. The van der Waals surface area contributed by atoms with Gasteiger partial charge in [-0.05, 0) is 42.5 Å². The zero-order chi connectivity index (χ0) is 22.4. The second kappa shape index (κ2) is 10.7. The molecule has 0 unspecified atom stereocenters. The first kappa shape index (κ1) is 23.2. The van der Waals surface area contributed by atoms with Crippen molar-refractivity contribution in [2.24, 2.45) is 0 Å². The molecule has 2 aromatic carbocycles. The lowest BCUT2D eigenvalue weighted by molar-refractivity contribution is -0.131. The molecule has 8 heteroatoms. The number of piperazine rings is 1. The number of rotatable bonds is 6. The second-order valence-electron chi connectivity index (χ2n) is 7.09. The molecule has 164 valence electrons. The van der Waals surface area contributed by atoms with Crippen LogP contribution in [0.1, 0.15) is 18.9 Å². The number of carbonyl (C=O) groups is 2. The highest BCUT2D eigenvalue weighted by Gasteiger charge is 2.22. The highest BCUT2D eigenvalue weighted by atomic mass is 79.9. The van der Waals surface area contributed by atoms with Crippen LogP contribution in [0.5, 0.6) is 5.75 Å². The Hall–Kier alpha value is -2.51. The first-order valence-electron chi connectivity index (χ1n) is 10.1. The molecule has 6 nitrogen and oxygen atoms in total. The number of amides is 2. The summed E-state index contributed by atoms with van der Waals surface area (Å²) in [5.74, 6) is 0.568. The molecule has 0 radical (unpaired) electrons. The summed E-state index contributed by atoms with van der Waals surface area (Å²) in [7, 11) is 1.59. The molecule has 31 heavy (non-hydrogen) atoms. The van der Waals surface area contributed by atoms with Crippen LogP contribution in [0.25, 0.3) is 6.08 Å². The van der Waals surface area contributed by atoms with Gasteiger partial charge >= 0.3 is 0 Å². The Bertz CT molecular complexity index is 988. The zero-order valence-electron chi connectivity index (χ0n) is 17.5. The quantitative estimate of drug-likeness (QED) is 0.571. The van der Waals surface area contributed by atoms with Gasteiger partial charge in [0, 0.05) is 53.7 Å². The van der Waals surface area contributed by atoms with Crippen molar-refractivity contribution in [3.63, 3.8) is 0 Å². The normalized spacial score (nSPS) is 14.1. The van der Waals surface area contributed by atoms with Gasteiger partial charge < -0.3 is 19.9 Å². The number of hydrogen-bond acceptors (Lipinski definition) is 4. The van der Waals surface area contributed by atoms with Gasteiger partial charge in [0.1, 0.15) is 5.75 Å². The fraction of sp³-hybridized carbons (Fsp3) is 0.304. The van der Waals surface area contributed by atoms with Crippen LogP contribution in [0.2, 0.25) is 5.02 Å². The fourth-order valence-corrected chi connectivity index (χ4v) is 4.03. The Labute approximate surface area is 195 Å². The predicted molar refractivity (Wildman–Crippen MR) is 129 cm³/mol. The fourth-order valence-electron chi connectivity index (χ4n) is 3.48. The summed E-state index contributed by atoms with van der Waals surface area (Å²) in [6, 6.07) is 11.0. The van der Waals surface area contributed by atoms with E-state index in [4.69, 9.17) is 16.3 Å². The SMILES string of the molecule is CCC(=O)N1CCN(c2ccc(Cl)cc2NC(=O)/C=C/c2cc(Br)ccc2OC)CC1. The van der Waals surface area contributed by atoms with E-state index in [0.717, 1.165) is 15.7 Å². The minimum Gasteiger partial charge on any atom is -0.496 e. The Morgan fingerprint density at radius 3 is 2.58 bits per heavy atom. The Morgan fingerprint density at radius 1 is 1.16 bits per heavy atom. The van der Waals surface area contributed by atoms with Gasteiger partial charge in [0.15, 0.2) is 0 Å². The maximum Gasteiger partial charge on any atom is 0.248 e. The highest BCUT2D eigenvalue weighted by molar-refractivity contribution is 9.10. The monoisotopic (exact) mass is 505 g/mol. The third-order valence-corrected chi connectivity index (χ3v) is 5.83. The number of carbonyl (C=O) groups excluding carboxylic acids is 2. The predicted octanol–water partition coefficient (Wildman–Crippen LogP) is 4.82. The van der Waals surface area contributed by atoms with Crippen LogP contribution < -0.4 is 15.0 Å². The molecule has 0 aromatic heterocycles. The summed E-state index contributed by atoms with van der Waals surface area (Å²) in [6.45, 7) is 4.58. The first-order chi connectivity index (χ1) is 14.9. The third kappa shape index (κ3) is 6.02. The van der Waals surface area contributed by atoms with Gasteiger partial charge in [0.2, 0.25) is 11.8 Å². The van der Waals surface area contributed by atoms with Crippen LogP contribution in [0.3, 0.4) is 0 Å². The van der Waals surface area contributed by atoms with Gasteiger partial charge in [-0.25, -0.2) is 0 Å². The molecule has 1 N–H and O–H groups in total.